The number of piperazine rings is 1. The Morgan fingerprint density at radius 2 is 2.43 bits per heavy atom. The van der Waals surface area contributed by atoms with Crippen molar-refractivity contribution < 1.29 is 9.59 Å². The number of carbonyl (C=O) groups excluding carboxylic acids is 2. The second-order valence-electron chi connectivity index (χ2n) is 3.53. The van der Waals surface area contributed by atoms with E-state index in [-0.39, 0.29) is 23.9 Å². The molecule has 2 unspecified atom stereocenters. The van der Waals surface area contributed by atoms with Crippen molar-refractivity contribution >= 4 is 11.8 Å². The lowest BCUT2D eigenvalue weighted by Crippen LogP contribution is -2.60. The first-order chi connectivity index (χ1) is 6.57. The van der Waals surface area contributed by atoms with E-state index in [1.165, 1.54) is 0 Å². The number of rotatable bonds is 3. The van der Waals surface area contributed by atoms with Crippen LogP contribution in [0.15, 0.2) is 0 Å². The second kappa shape index (κ2) is 4.41. The zero-order valence-corrected chi connectivity index (χ0v) is 8.62. The molecule has 0 saturated carbocycles. The number of amides is 2. The molecule has 5 nitrogen and oxygen atoms in total. The molecule has 0 aromatic heterocycles. The molecule has 80 valence electrons. The van der Waals surface area contributed by atoms with Crippen molar-refractivity contribution in [1.29, 1.82) is 0 Å². The van der Waals surface area contributed by atoms with Crippen molar-refractivity contribution in [3.8, 4) is 0 Å². The quantitative estimate of drug-likeness (QED) is 0.616. The van der Waals surface area contributed by atoms with E-state index < -0.39 is 0 Å². The molecule has 0 aromatic rings. The summed E-state index contributed by atoms with van der Waals surface area (Å²) >= 11 is 0. The number of primary amides is 1. The van der Waals surface area contributed by atoms with Crippen LogP contribution < -0.4 is 11.1 Å². The van der Waals surface area contributed by atoms with Gasteiger partial charge in [0, 0.05) is 13.1 Å². The van der Waals surface area contributed by atoms with E-state index in [0.717, 1.165) is 0 Å². The van der Waals surface area contributed by atoms with Crippen molar-refractivity contribution in [2.24, 2.45) is 5.73 Å². The summed E-state index contributed by atoms with van der Waals surface area (Å²) in [5.74, 6) is -0.384. The van der Waals surface area contributed by atoms with Gasteiger partial charge in [-0.25, -0.2) is 0 Å². The summed E-state index contributed by atoms with van der Waals surface area (Å²) in [6.07, 6.45) is 0.698. The van der Waals surface area contributed by atoms with Gasteiger partial charge in [0.2, 0.25) is 11.8 Å². The number of hydrogen-bond acceptors (Lipinski definition) is 3. The van der Waals surface area contributed by atoms with Gasteiger partial charge in [-0.15, -0.1) is 0 Å². The van der Waals surface area contributed by atoms with Gasteiger partial charge in [0.1, 0.15) is 0 Å². The predicted molar refractivity (Wildman–Crippen MR) is 52.5 cm³/mol. The van der Waals surface area contributed by atoms with Gasteiger partial charge < -0.3 is 11.1 Å². The molecule has 1 rings (SSSR count). The Labute approximate surface area is 83.6 Å². The molecule has 1 aliphatic heterocycles. The first-order valence-electron chi connectivity index (χ1n) is 4.90. The monoisotopic (exact) mass is 199 g/mol. The number of nitrogens with two attached hydrogens (primary N) is 1. The van der Waals surface area contributed by atoms with Crippen LogP contribution in [-0.4, -0.2) is 41.9 Å². The fourth-order valence-electron chi connectivity index (χ4n) is 1.78. The van der Waals surface area contributed by atoms with Crippen molar-refractivity contribution in [3.05, 3.63) is 0 Å². The van der Waals surface area contributed by atoms with Crippen molar-refractivity contribution in [1.82, 2.24) is 10.2 Å². The van der Waals surface area contributed by atoms with E-state index in [0.29, 0.717) is 19.5 Å². The normalized spacial score (nSPS) is 25.6. The van der Waals surface area contributed by atoms with Crippen molar-refractivity contribution in [2.75, 3.05) is 13.1 Å². The zero-order valence-electron chi connectivity index (χ0n) is 8.62. The molecule has 1 heterocycles. The molecule has 14 heavy (non-hydrogen) atoms. The molecule has 2 atom stereocenters. The standard InChI is InChI=1S/C9H17N3O2/c1-3-7-9(14)11-4-5-12(7)6(2)8(10)13/h6-7H,3-5H2,1-2H3,(H2,10,13)(H,11,14). The SMILES string of the molecule is CCC1C(=O)NCCN1C(C)C(N)=O. The minimum atomic E-state index is -0.377. The van der Waals surface area contributed by atoms with Gasteiger partial charge in [0.05, 0.1) is 12.1 Å². The summed E-state index contributed by atoms with van der Waals surface area (Å²) in [7, 11) is 0. The third kappa shape index (κ3) is 2.04. The van der Waals surface area contributed by atoms with Gasteiger partial charge in [-0.3, -0.25) is 14.5 Å². The number of carbonyl (C=O) groups is 2. The smallest absolute Gasteiger partial charge is 0.237 e. The van der Waals surface area contributed by atoms with E-state index in [4.69, 9.17) is 5.73 Å². The van der Waals surface area contributed by atoms with Crippen LogP contribution in [0.5, 0.6) is 0 Å². The Morgan fingerprint density at radius 3 is 2.93 bits per heavy atom. The summed E-state index contributed by atoms with van der Waals surface area (Å²) in [6.45, 7) is 4.95. The lowest BCUT2D eigenvalue weighted by atomic mass is 10.1. The molecule has 1 fully saturated rings. The highest BCUT2D eigenvalue weighted by Crippen LogP contribution is 2.11. The van der Waals surface area contributed by atoms with Crippen LogP contribution in [0, 0.1) is 0 Å². The average Bonchev–Trinajstić information content (AvgIpc) is 2.16. The lowest BCUT2D eigenvalue weighted by molar-refractivity contribution is -0.133. The summed E-state index contributed by atoms with van der Waals surface area (Å²) in [4.78, 5) is 24.3. The van der Waals surface area contributed by atoms with Crippen LogP contribution in [-0.2, 0) is 9.59 Å². The molecule has 0 radical (unpaired) electrons. The summed E-state index contributed by atoms with van der Waals surface area (Å²) in [5.41, 5.74) is 5.22. The fraction of sp³-hybridized carbons (Fsp3) is 0.778. The number of nitrogens with zero attached hydrogens (tertiary/aromatic N) is 1. The molecule has 1 aliphatic rings. The minimum absolute atomic E-state index is 0.00755. The molecule has 3 N–H and O–H groups in total. The Bertz CT molecular complexity index is 242. The van der Waals surface area contributed by atoms with Crippen molar-refractivity contribution in [3.63, 3.8) is 0 Å². The highest BCUT2D eigenvalue weighted by molar-refractivity contribution is 5.85. The van der Waals surface area contributed by atoms with Crippen LogP contribution in [0.3, 0.4) is 0 Å². The molecule has 0 bridgehead atoms. The summed E-state index contributed by atoms with van der Waals surface area (Å²) < 4.78 is 0. The Morgan fingerprint density at radius 1 is 1.79 bits per heavy atom. The third-order valence-corrected chi connectivity index (χ3v) is 2.67. The Kier molecular flexibility index (Phi) is 3.46. The largest absolute Gasteiger partial charge is 0.368 e. The van der Waals surface area contributed by atoms with Crippen LogP contribution in [0.1, 0.15) is 20.3 Å². The summed E-state index contributed by atoms with van der Waals surface area (Å²) in [5, 5.41) is 2.77. The van der Waals surface area contributed by atoms with Crippen LogP contribution in [0.2, 0.25) is 0 Å². The van der Waals surface area contributed by atoms with E-state index in [2.05, 4.69) is 5.32 Å². The van der Waals surface area contributed by atoms with Gasteiger partial charge in [0.25, 0.3) is 0 Å². The maximum atomic E-state index is 11.5. The highest BCUT2D eigenvalue weighted by Gasteiger charge is 2.33. The van der Waals surface area contributed by atoms with Gasteiger partial charge in [-0.05, 0) is 13.3 Å². The minimum Gasteiger partial charge on any atom is -0.368 e. The Hall–Kier alpha value is -1.10. The van der Waals surface area contributed by atoms with Gasteiger partial charge in [-0.2, -0.15) is 0 Å². The second-order valence-corrected chi connectivity index (χ2v) is 3.53. The Balaban J connectivity index is 2.74. The molecule has 0 aliphatic carbocycles. The van der Waals surface area contributed by atoms with Crippen molar-refractivity contribution in [2.45, 2.75) is 32.4 Å². The zero-order chi connectivity index (χ0) is 10.7. The van der Waals surface area contributed by atoms with Crippen LogP contribution in [0.25, 0.3) is 0 Å². The number of nitrogens with one attached hydrogen (secondary N) is 1. The molecular weight excluding hydrogens is 182 g/mol. The first-order valence-corrected chi connectivity index (χ1v) is 4.90. The van der Waals surface area contributed by atoms with E-state index in [1.807, 2.05) is 11.8 Å². The van der Waals surface area contributed by atoms with E-state index in [9.17, 15) is 9.59 Å². The molecule has 0 spiro atoms. The molecule has 5 heteroatoms. The summed E-state index contributed by atoms with van der Waals surface area (Å²) in [6, 6.07) is -0.586. The maximum Gasteiger partial charge on any atom is 0.237 e. The van der Waals surface area contributed by atoms with Gasteiger partial charge in [-0.1, -0.05) is 6.92 Å². The molecule has 2 amide bonds. The maximum absolute atomic E-state index is 11.5. The van der Waals surface area contributed by atoms with Gasteiger partial charge in [0.15, 0.2) is 0 Å². The number of hydrogen-bond donors (Lipinski definition) is 2. The van der Waals surface area contributed by atoms with E-state index in [1.54, 1.807) is 6.92 Å². The van der Waals surface area contributed by atoms with E-state index >= 15 is 0 Å². The molecule has 0 aromatic carbocycles. The molecular formula is C9H17N3O2. The average molecular weight is 199 g/mol. The fourth-order valence-corrected chi connectivity index (χ4v) is 1.78. The van der Waals surface area contributed by atoms with Gasteiger partial charge >= 0.3 is 0 Å². The predicted octanol–water partition coefficient (Wildman–Crippen LogP) is -0.929. The molecule has 1 saturated heterocycles. The lowest BCUT2D eigenvalue weighted by Gasteiger charge is -2.37. The van der Waals surface area contributed by atoms with Crippen LogP contribution >= 0.6 is 0 Å². The third-order valence-electron chi connectivity index (χ3n) is 2.67. The highest BCUT2D eigenvalue weighted by atomic mass is 16.2. The first kappa shape index (κ1) is 11.0. The van der Waals surface area contributed by atoms with Crippen LogP contribution in [0.4, 0.5) is 0 Å². The topological polar surface area (TPSA) is 75.4 Å².